The molecule has 0 atom stereocenters. The number of benzene rings is 1. The first-order valence-corrected chi connectivity index (χ1v) is 5.37. The van der Waals surface area contributed by atoms with Gasteiger partial charge in [0.15, 0.2) is 5.43 Å². The lowest BCUT2D eigenvalue weighted by molar-refractivity contribution is 0.627. The molecular formula is C13H14FNO. The first kappa shape index (κ1) is 10.9. The molecule has 1 heterocycles. The lowest BCUT2D eigenvalue weighted by Gasteiger charge is -2.06. The van der Waals surface area contributed by atoms with Gasteiger partial charge in [0.05, 0.1) is 5.52 Å². The average Bonchev–Trinajstić information content (AvgIpc) is 2.15. The van der Waals surface area contributed by atoms with Gasteiger partial charge in [-0.05, 0) is 30.5 Å². The first-order chi connectivity index (χ1) is 7.56. The number of hydrogen-bond donors (Lipinski definition) is 1. The van der Waals surface area contributed by atoms with Gasteiger partial charge in [0.25, 0.3) is 0 Å². The highest BCUT2D eigenvalue weighted by Gasteiger charge is 2.04. The molecule has 1 aromatic heterocycles. The topological polar surface area (TPSA) is 32.9 Å². The Morgan fingerprint density at radius 2 is 2.06 bits per heavy atom. The molecule has 1 aromatic carbocycles. The second kappa shape index (κ2) is 4.08. The van der Waals surface area contributed by atoms with Crippen LogP contribution in [-0.4, -0.2) is 4.98 Å². The van der Waals surface area contributed by atoms with Gasteiger partial charge in [0.1, 0.15) is 5.82 Å². The van der Waals surface area contributed by atoms with Crippen molar-refractivity contribution in [1.82, 2.24) is 4.98 Å². The van der Waals surface area contributed by atoms with Crippen molar-refractivity contribution in [2.24, 2.45) is 5.92 Å². The van der Waals surface area contributed by atoms with E-state index in [2.05, 4.69) is 18.8 Å². The molecule has 1 N–H and O–H groups in total. The van der Waals surface area contributed by atoms with Crippen LogP contribution in [-0.2, 0) is 6.42 Å². The molecule has 2 rings (SSSR count). The van der Waals surface area contributed by atoms with E-state index in [0.29, 0.717) is 16.8 Å². The van der Waals surface area contributed by atoms with E-state index in [1.165, 1.54) is 18.2 Å². The van der Waals surface area contributed by atoms with Gasteiger partial charge in [0.2, 0.25) is 0 Å². The molecule has 0 amide bonds. The number of hydrogen-bond acceptors (Lipinski definition) is 1. The van der Waals surface area contributed by atoms with Crippen LogP contribution in [0, 0.1) is 11.7 Å². The molecule has 2 aromatic rings. The van der Waals surface area contributed by atoms with Crippen LogP contribution in [0.25, 0.3) is 10.9 Å². The Balaban J connectivity index is 2.61. The largest absolute Gasteiger partial charge is 0.358 e. The quantitative estimate of drug-likeness (QED) is 0.827. The van der Waals surface area contributed by atoms with Gasteiger partial charge in [-0.2, -0.15) is 0 Å². The molecular weight excluding hydrogens is 205 g/mol. The molecule has 0 spiro atoms. The third kappa shape index (κ3) is 2.13. The minimum absolute atomic E-state index is 0.0515. The average molecular weight is 219 g/mol. The van der Waals surface area contributed by atoms with Crippen LogP contribution in [0.5, 0.6) is 0 Å². The van der Waals surface area contributed by atoms with Crippen molar-refractivity contribution >= 4 is 10.9 Å². The summed E-state index contributed by atoms with van der Waals surface area (Å²) < 4.78 is 13.0. The third-order valence-electron chi connectivity index (χ3n) is 2.48. The van der Waals surface area contributed by atoms with Crippen molar-refractivity contribution in [2.45, 2.75) is 20.3 Å². The number of aromatic nitrogens is 1. The van der Waals surface area contributed by atoms with Gasteiger partial charge in [-0.3, -0.25) is 4.79 Å². The number of rotatable bonds is 2. The highest BCUT2D eigenvalue weighted by molar-refractivity contribution is 5.78. The zero-order chi connectivity index (χ0) is 11.7. The van der Waals surface area contributed by atoms with E-state index in [1.54, 1.807) is 6.07 Å². The zero-order valence-corrected chi connectivity index (χ0v) is 9.38. The Labute approximate surface area is 93.1 Å². The number of fused-ring (bicyclic) bond motifs is 1. The molecule has 0 fully saturated rings. The maximum Gasteiger partial charge on any atom is 0.189 e. The molecule has 0 saturated heterocycles. The monoisotopic (exact) mass is 219 g/mol. The number of aromatic amines is 1. The highest BCUT2D eigenvalue weighted by Crippen LogP contribution is 2.12. The fourth-order valence-electron chi connectivity index (χ4n) is 1.83. The molecule has 0 bridgehead atoms. The van der Waals surface area contributed by atoms with Crippen LogP contribution in [0.4, 0.5) is 4.39 Å². The van der Waals surface area contributed by atoms with Crippen molar-refractivity contribution in [3.63, 3.8) is 0 Å². The van der Waals surface area contributed by atoms with Gasteiger partial charge < -0.3 is 4.98 Å². The van der Waals surface area contributed by atoms with E-state index in [1.807, 2.05) is 0 Å². The van der Waals surface area contributed by atoms with Crippen molar-refractivity contribution in [3.05, 3.63) is 46.0 Å². The zero-order valence-electron chi connectivity index (χ0n) is 9.38. The van der Waals surface area contributed by atoms with Gasteiger partial charge in [-0.25, -0.2) is 4.39 Å². The summed E-state index contributed by atoms with van der Waals surface area (Å²) in [5.41, 5.74) is 1.38. The number of pyridine rings is 1. The summed E-state index contributed by atoms with van der Waals surface area (Å²) in [7, 11) is 0. The second-order valence-electron chi connectivity index (χ2n) is 4.45. The summed E-state index contributed by atoms with van der Waals surface area (Å²) in [6.07, 6.45) is 0.793. The summed E-state index contributed by atoms with van der Waals surface area (Å²) in [5, 5.41) is 0.536. The van der Waals surface area contributed by atoms with Crippen LogP contribution < -0.4 is 5.43 Å². The van der Waals surface area contributed by atoms with E-state index in [-0.39, 0.29) is 11.2 Å². The summed E-state index contributed by atoms with van der Waals surface area (Å²) >= 11 is 0. The van der Waals surface area contributed by atoms with Crippen LogP contribution in [0.1, 0.15) is 19.5 Å². The summed E-state index contributed by atoms with van der Waals surface area (Å²) in [6, 6.07) is 5.78. The normalized spacial score (nSPS) is 11.2. The molecule has 3 heteroatoms. The standard InChI is InChI=1S/C13H14FNO/c1-8(2)5-10-7-13(16)11-4-3-9(14)6-12(11)15-10/h3-4,6-8H,5H2,1-2H3,(H,15,16). The van der Waals surface area contributed by atoms with Gasteiger partial charge in [-0.1, -0.05) is 13.8 Å². The minimum Gasteiger partial charge on any atom is -0.358 e. The summed E-state index contributed by atoms with van der Waals surface area (Å²) in [4.78, 5) is 14.8. The number of halogens is 1. The lowest BCUT2D eigenvalue weighted by atomic mass is 10.1. The Morgan fingerprint density at radius 3 is 2.75 bits per heavy atom. The van der Waals surface area contributed by atoms with Gasteiger partial charge in [-0.15, -0.1) is 0 Å². The maximum absolute atomic E-state index is 13.0. The summed E-state index contributed by atoms with van der Waals surface area (Å²) in [5.74, 6) is 0.131. The van der Waals surface area contributed by atoms with E-state index < -0.39 is 0 Å². The van der Waals surface area contributed by atoms with E-state index in [9.17, 15) is 9.18 Å². The first-order valence-electron chi connectivity index (χ1n) is 5.37. The fraction of sp³-hybridized carbons (Fsp3) is 0.308. The van der Waals surface area contributed by atoms with Crippen LogP contribution >= 0.6 is 0 Å². The Bertz CT molecular complexity index is 572. The third-order valence-corrected chi connectivity index (χ3v) is 2.48. The number of H-pyrrole nitrogens is 1. The highest BCUT2D eigenvalue weighted by atomic mass is 19.1. The van der Waals surface area contributed by atoms with Crippen LogP contribution in [0.2, 0.25) is 0 Å². The molecule has 0 radical (unpaired) electrons. The van der Waals surface area contributed by atoms with Crippen molar-refractivity contribution in [3.8, 4) is 0 Å². The Kier molecular flexibility index (Phi) is 2.77. The van der Waals surface area contributed by atoms with E-state index in [4.69, 9.17) is 0 Å². The molecule has 0 aliphatic carbocycles. The Morgan fingerprint density at radius 1 is 1.31 bits per heavy atom. The predicted octanol–water partition coefficient (Wildman–Crippen LogP) is 2.87. The minimum atomic E-state index is -0.329. The predicted molar refractivity (Wildman–Crippen MR) is 63.1 cm³/mol. The van der Waals surface area contributed by atoms with Crippen molar-refractivity contribution < 1.29 is 4.39 Å². The molecule has 2 nitrogen and oxygen atoms in total. The SMILES string of the molecule is CC(C)Cc1cc(=O)c2ccc(F)cc2[nH]1. The second-order valence-corrected chi connectivity index (χ2v) is 4.45. The molecule has 84 valence electrons. The summed E-state index contributed by atoms with van der Waals surface area (Å²) in [6.45, 7) is 4.15. The fourth-order valence-corrected chi connectivity index (χ4v) is 1.83. The molecule has 0 aliphatic rings. The van der Waals surface area contributed by atoms with Crippen molar-refractivity contribution in [1.29, 1.82) is 0 Å². The van der Waals surface area contributed by atoms with Gasteiger partial charge >= 0.3 is 0 Å². The Hall–Kier alpha value is -1.64. The van der Waals surface area contributed by atoms with E-state index in [0.717, 1.165) is 12.1 Å². The molecule has 0 saturated carbocycles. The smallest absolute Gasteiger partial charge is 0.189 e. The maximum atomic E-state index is 13.0. The van der Waals surface area contributed by atoms with Crippen LogP contribution in [0.15, 0.2) is 29.1 Å². The lowest BCUT2D eigenvalue weighted by Crippen LogP contribution is -2.07. The molecule has 0 unspecified atom stereocenters. The van der Waals surface area contributed by atoms with Gasteiger partial charge in [0, 0.05) is 17.1 Å². The molecule has 16 heavy (non-hydrogen) atoms. The molecule has 0 aliphatic heterocycles. The van der Waals surface area contributed by atoms with Crippen LogP contribution in [0.3, 0.4) is 0 Å². The number of nitrogens with one attached hydrogen (secondary N) is 1. The van der Waals surface area contributed by atoms with E-state index >= 15 is 0 Å². The van der Waals surface area contributed by atoms with Crippen molar-refractivity contribution in [2.75, 3.05) is 0 Å².